The number of carbonyl (C=O) groups excluding carboxylic acids is 2. The van der Waals surface area contributed by atoms with E-state index in [-0.39, 0.29) is 5.76 Å². The lowest BCUT2D eigenvalue weighted by molar-refractivity contribution is -0.153. The number of furan rings is 1. The van der Waals surface area contributed by atoms with Gasteiger partial charge in [0.25, 0.3) is 11.9 Å². The number of methoxy groups -OCH3 is 1. The molecule has 1 heterocycles. The van der Waals surface area contributed by atoms with Crippen LogP contribution in [0.15, 0.2) is 94.2 Å². The summed E-state index contributed by atoms with van der Waals surface area (Å²) in [5, 5.41) is 9.90. The summed E-state index contributed by atoms with van der Waals surface area (Å²) in [6.07, 6.45) is -3.32. The number of ether oxygens (including phenoxy) is 1. The number of carboxylic acid groups (broad SMARTS) is 1. The first-order valence-electron chi connectivity index (χ1n) is 13.3. The summed E-state index contributed by atoms with van der Waals surface area (Å²) in [6, 6.07) is 24.0. The first-order valence-corrected chi connectivity index (χ1v) is 14.2. The fraction of sp³-hybridized carbons (Fsp3) is 0.219. The second-order valence-corrected chi connectivity index (χ2v) is 9.17. The normalized spacial score (nSPS) is 9.91. The first-order chi connectivity index (χ1) is 21.0. The molecular weight excluding hydrogens is 597 g/mol. The van der Waals surface area contributed by atoms with Crippen LogP contribution in [0.25, 0.3) is 11.3 Å². The van der Waals surface area contributed by atoms with E-state index in [1.807, 2.05) is 51.1 Å². The summed E-state index contributed by atoms with van der Waals surface area (Å²) < 4.78 is 52.7. The van der Waals surface area contributed by atoms with Crippen molar-refractivity contribution in [2.24, 2.45) is 0 Å². The Bertz CT molecular complexity index is 1420. The molecule has 0 aliphatic heterocycles. The van der Waals surface area contributed by atoms with Crippen molar-refractivity contribution < 1.29 is 41.8 Å². The molecule has 0 atom stereocenters. The van der Waals surface area contributed by atoms with Crippen molar-refractivity contribution >= 4 is 35.9 Å². The molecule has 44 heavy (non-hydrogen) atoms. The molecule has 0 radical (unpaired) electrons. The van der Waals surface area contributed by atoms with Crippen molar-refractivity contribution in [1.82, 2.24) is 4.72 Å². The smallest absolute Gasteiger partial charge is 0.450 e. The maximum absolute atomic E-state index is 13.4. The first kappa shape index (κ1) is 37.3. The summed E-state index contributed by atoms with van der Waals surface area (Å²) in [5.41, 5.74) is 1.29. The van der Waals surface area contributed by atoms with E-state index in [4.69, 9.17) is 19.1 Å². The van der Waals surface area contributed by atoms with Crippen molar-refractivity contribution in [1.29, 1.82) is 0 Å². The van der Waals surface area contributed by atoms with E-state index in [9.17, 15) is 22.8 Å². The molecule has 3 aromatic carbocycles. The molecule has 0 fully saturated rings. The third-order valence-corrected chi connectivity index (χ3v) is 5.92. The molecule has 0 aliphatic rings. The van der Waals surface area contributed by atoms with Crippen LogP contribution in [-0.2, 0) is 22.2 Å². The number of aryl methyl sites for hydroxylation is 1. The number of alkyl halides is 3. The van der Waals surface area contributed by atoms with Crippen LogP contribution in [0.1, 0.15) is 49.4 Å². The highest BCUT2D eigenvalue weighted by atomic mass is 32.2. The predicted molar refractivity (Wildman–Crippen MR) is 166 cm³/mol. The molecular formula is C32H35F3N2O6S. The lowest BCUT2D eigenvalue weighted by Gasteiger charge is -2.08. The van der Waals surface area contributed by atoms with E-state index in [0.29, 0.717) is 23.4 Å². The SMILES string of the molecule is CC.CC(=O)O.CCc1ccc(NC(=O)c2cc(-c3ccc(OC)cc3)oc2C(F)(F)F)cc1.O=CNSc1ccccc1. The van der Waals surface area contributed by atoms with Gasteiger partial charge < -0.3 is 19.6 Å². The van der Waals surface area contributed by atoms with Gasteiger partial charge in [0.05, 0.1) is 12.7 Å². The van der Waals surface area contributed by atoms with E-state index < -0.39 is 29.4 Å². The maximum atomic E-state index is 13.4. The zero-order valence-electron chi connectivity index (χ0n) is 24.9. The number of anilines is 1. The Morgan fingerprint density at radius 3 is 2.02 bits per heavy atom. The van der Waals surface area contributed by atoms with Gasteiger partial charge in [-0.15, -0.1) is 0 Å². The van der Waals surface area contributed by atoms with Crippen LogP contribution < -0.4 is 14.8 Å². The fourth-order valence-electron chi connectivity index (χ4n) is 3.27. The van der Waals surface area contributed by atoms with Crippen LogP contribution in [0.4, 0.5) is 18.9 Å². The minimum absolute atomic E-state index is 0.0542. The largest absolute Gasteiger partial charge is 0.497 e. The van der Waals surface area contributed by atoms with Gasteiger partial charge in [-0.3, -0.25) is 19.1 Å². The molecule has 3 N–H and O–H groups in total. The van der Waals surface area contributed by atoms with Gasteiger partial charge in [-0.1, -0.05) is 51.1 Å². The number of carbonyl (C=O) groups is 3. The number of hydrogen-bond acceptors (Lipinski definition) is 6. The third kappa shape index (κ3) is 13.1. The van der Waals surface area contributed by atoms with E-state index in [2.05, 4.69) is 10.0 Å². The molecule has 12 heteroatoms. The van der Waals surface area contributed by atoms with Crippen LogP contribution in [0, 0.1) is 0 Å². The van der Waals surface area contributed by atoms with Crippen molar-refractivity contribution in [3.05, 3.63) is 102 Å². The summed E-state index contributed by atoms with van der Waals surface area (Å²) in [6.45, 7) is 7.06. The highest BCUT2D eigenvalue weighted by Gasteiger charge is 2.40. The Kier molecular flexibility index (Phi) is 16.5. The van der Waals surface area contributed by atoms with Crippen LogP contribution in [0.3, 0.4) is 0 Å². The quantitative estimate of drug-likeness (QED) is 0.132. The van der Waals surface area contributed by atoms with Gasteiger partial charge in [-0.2, -0.15) is 13.2 Å². The minimum Gasteiger partial charge on any atom is -0.497 e. The predicted octanol–water partition coefficient (Wildman–Crippen LogP) is 8.35. The van der Waals surface area contributed by atoms with Crippen molar-refractivity contribution in [2.75, 3.05) is 12.4 Å². The van der Waals surface area contributed by atoms with Gasteiger partial charge in [-0.25, -0.2) is 0 Å². The molecule has 236 valence electrons. The molecule has 0 unspecified atom stereocenters. The summed E-state index contributed by atoms with van der Waals surface area (Å²) in [5.74, 6) is -2.55. The Hall–Kier alpha value is -4.71. The molecule has 2 amide bonds. The van der Waals surface area contributed by atoms with Crippen LogP contribution >= 0.6 is 11.9 Å². The molecule has 0 aliphatic carbocycles. The standard InChI is InChI=1S/C21H18F3NO3.C7H7NOS.C2H4O2.C2H6/c1-3-13-4-8-15(9-5-13)25-20(26)17-12-18(28-19(17)21(22,23)24)14-6-10-16(27-2)11-7-14;9-6-8-10-7-4-2-1-3-5-7;1-2(3)4;1-2/h4-12H,3H2,1-2H3,(H,25,26);1-6H,(H,8,9);1H3,(H,3,4);1-2H3. The van der Waals surface area contributed by atoms with E-state index in [1.165, 1.54) is 19.1 Å². The number of halogens is 3. The van der Waals surface area contributed by atoms with Gasteiger partial charge in [-0.05, 0) is 78.5 Å². The molecule has 0 spiro atoms. The van der Waals surface area contributed by atoms with Gasteiger partial charge in [0.1, 0.15) is 11.5 Å². The summed E-state index contributed by atoms with van der Waals surface area (Å²) >= 11 is 1.30. The highest BCUT2D eigenvalue weighted by molar-refractivity contribution is 7.97. The average Bonchev–Trinajstić information content (AvgIpc) is 3.49. The Labute approximate surface area is 258 Å². The minimum atomic E-state index is -4.80. The zero-order valence-corrected chi connectivity index (χ0v) is 25.7. The Morgan fingerprint density at radius 1 is 0.977 bits per heavy atom. The van der Waals surface area contributed by atoms with Crippen LogP contribution in [0.2, 0.25) is 0 Å². The number of hydrogen-bond donors (Lipinski definition) is 3. The van der Waals surface area contributed by atoms with Crippen LogP contribution in [0.5, 0.6) is 5.75 Å². The fourth-order valence-corrected chi connectivity index (χ4v) is 3.75. The Morgan fingerprint density at radius 2 is 1.55 bits per heavy atom. The molecule has 0 saturated carbocycles. The third-order valence-electron chi connectivity index (χ3n) is 5.20. The summed E-state index contributed by atoms with van der Waals surface area (Å²) in [7, 11) is 1.49. The molecule has 4 rings (SSSR count). The van der Waals surface area contributed by atoms with E-state index >= 15 is 0 Å². The number of aliphatic carboxylic acids is 1. The maximum Gasteiger partial charge on any atom is 0.450 e. The number of carboxylic acids is 1. The van der Waals surface area contributed by atoms with Crippen LogP contribution in [-0.4, -0.2) is 30.5 Å². The second kappa shape index (κ2) is 19.5. The molecule has 0 bridgehead atoms. The topological polar surface area (TPSA) is 118 Å². The summed E-state index contributed by atoms with van der Waals surface area (Å²) in [4.78, 5) is 32.4. The van der Waals surface area contributed by atoms with Gasteiger partial charge in [0.15, 0.2) is 0 Å². The monoisotopic (exact) mass is 632 g/mol. The Balaban J connectivity index is 0.000000499. The lowest BCUT2D eigenvalue weighted by atomic mass is 10.1. The molecule has 0 saturated heterocycles. The van der Waals surface area contributed by atoms with E-state index in [0.717, 1.165) is 29.9 Å². The van der Waals surface area contributed by atoms with Crippen molar-refractivity contribution in [3.63, 3.8) is 0 Å². The molecule has 1 aromatic heterocycles. The molecule has 4 aromatic rings. The number of rotatable bonds is 8. The zero-order chi connectivity index (χ0) is 33.1. The second-order valence-electron chi connectivity index (χ2n) is 8.25. The van der Waals surface area contributed by atoms with Crippen molar-refractivity contribution in [3.8, 4) is 17.1 Å². The van der Waals surface area contributed by atoms with Gasteiger partial charge in [0, 0.05) is 23.1 Å². The number of amides is 2. The average molecular weight is 633 g/mol. The van der Waals surface area contributed by atoms with Crippen molar-refractivity contribution in [2.45, 2.75) is 45.2 Å². The van der Waals surface area contributed by atoms with Gasteiger partial charge >= 0.3 is 6.18 Å². The number of nitrogens with one attached hydrogen (secondary N) is 2. The van der Waals surface area contributed by atoms with Gasteiger partial charge in [0.2, 0.25) is 12.2 Å². The lowest BCUT2D eigenvalue weighted by Crippen LogP contribution is -2.16. The highest BCUT2D eigenvalue weighted by Crippen LogP contribution is 2.38. The van der Waals surface area contributed by atoms with E-state index in [1.54, 1.807) is 48.5 Å². The molecule has 8 nitrogen and oxygen atoms in total. The number of benzene rings is 3.